The van der Waals surface area contributed by atoms with Crippen LogP contribution in [0.1, 0.15) is 16.9 Å². The highest BCUT2D eigenvalue weighted by Gasteiger charge is 2.23. The summed E-state index contributed by atoms with van der Waals surface area (Å²) in [6.45, 7) is 6.67. The molecule has 0 saturated carbocycles. The van der Waals surface area contributed by atoms with Gasteiger partial charge in [0.15, 0.2) is 11.5 Å². The number of phenols is 1. The van der Waals surface area contributed by atoms with Crippen LogP contribution in [0.2, 0.25) is 0 Å². The predicted octanol–water partition coefficient (Wildman–Crippen LogP) is 4.65. The zero-order chi connectivity index (χ0) is 26.9. The average molecular weight is 531 g/mol. The maximum Gasteiger partial charge on any atom is 0.235 e. The molecular formula is C30H30N2O7. The van der Waals surface area contributed by atoms with E-state index in [9.17, 15) is 9.90 Å². The van der Waals surface area contributed by atoms with E-state index in [1.54, 1.807) is 50.4 Å². The lowest BCUT2D eigenvalue weighted by atomic mass is 10.1. The SMILES string of the molecule is COc1ccc(Oc2c(C)oc3c(CN4CCN(Cc5ccc6c(c5)OCO6)CC4)c(O)ccc3c2=O)cc1. The Morgan fingerprint density at radius 2 is 1.56 bits per heavy atom. The van der Waals surface area contributed by atoms with Gasteiger partial charge in [0.05, 0.1) is 18.1 Å². The van der Waals surface area contributed by atoms with Gasteiger partial charge >= 0.3 is 0 Å². The fraction of sp³-hybridized carbons (Fsp3) is 0.300. The lowest BCUT2D eigenvalue weighted by molar-refractivity contribution is 0.121. The van der Waals surface area contributed by atoms with Crippen molar-refractivity contribution < 1.29 is 28.5 Å². The van der Waals surface area contributed by atoms with Crippen molar-refractivity contribution in [3.8, 4) is 34.5 Å². The van der Waals surface area contributed by atoms with E-state index in [1.165, 1.54) is 5.56 Å². The van der Waals surface area contributed by atoms with E-state index in [1.807, 2.05) is 12.1 Å². The van der Waals surface area contributed by atoms with E-state index >= 15 is 0 Å². The molecule has 0 atom stereocenters. The van der Waals surface area contributed by atoms with Crippen LogP contribution in [-0.2, 0) is 13.1 Å². The molecule has 2 aliphatic heterocycles. The first kappa shape index (κ1) is 25.1. The number of rotatable bonds is 7. The number of hydrogen-bond acceptors (Lipinski definition) is 9. The molecule has 1 saturated heterocycles. The van der Waals surface area contributed by atoms with Crippen molar-refractivity contribution in [3.63, 3.8) is 0 Å². The van der Waals surface area contributed by atoms with Crippen LogP contribution < -0.4 is 24.4 Å². The third-order valence-electron chi connectivity index (χ3n) is 7.23. The Balaban J connectivity index is 1.17. The van der Waals surface area contributed by atoms with Crippen LogP contribution in [0.3, 0.4) is 0 Å². The summed E-state index contributed by atoms with van der Waals surface area (Å²) >= 11 is 0. The van der Waals surface area contributed by atoms with Gasteiger partial charge in [-0.05, 0) is 61.0 Å². The Morgan fingerprint density at radius 1 is 0.872 bits per heavy atom. The van der Waals surface area contributed by atoms with Gasteiger partial charge in [0, 0.05) is 39.3 Å². The van der Waals surface area contributed by atoms with Gasteiger partial charge in [-0.25, -0.2) is 0 Å². The minimum absolute atomic E-state index is 0.108. The van der Waals surface area contributed by atoms with Crippen LogP contribution in [0.5, 0.6) is 34.5 Å². The molecule has 9 nitrogen and oxygen atoms in total. The maximum absolute atomic E-state index is 13.4. The highest BCUT2D eigenvalue weighted by atomic mass is 16.7. The zero-order valence-electron chi connectivity index (χ0n) is 21.9. The summed E-state index contributed by atoms with van der Waals surface area (Å²) in [6.07, 6.45) is 0. The summed E-state index contributed by atoms with van der Waals surface area (Å²) in [4.78, 5) is 18.0. The van der Waals surface area contributed by atoms with E-state index < -0.39 is 0 Å². The van der Waals surface area contributed by atoms with E-state index in [4.69, 9.17) is 23.4 Å². The Hall–Kier alpha value is -4.21. The smallest absolute Gasteiger partial charge is 0.235 e. The molecule has 0 aliphatic carbocycles. The molecule has 3 aromatic carbocycles. The van der Waals surface area contributed by atoms with Gasteiger partial charge in [0.1, 0.15) is 28.6 Å². The van der Waals surface area contributed by atoms with E-state index in [0.29, 0.717) is 40.3 Å². The lowest BCUT2D eigenvalue weighted by Crippen LogP contribution is -2.45. The first-order chi connectivity index (χ1) is 19.0. The summed E-state index contributed by atoms with van der Waals surface area (Å²) in [6, 6.07) is 16.2. The summed E-state index contributed by atoms with van der Waals surface area (Å²) in [5.74, 6) is 3.37. The second kappa shape index (κ2) is 10.5. The van der Waals surface area contributed by atoms with Crippen molar-refractivity contribution >= 4 is 11.0 Å². The standard InChI is InChI=1S/C30H30N2O7/c1-19-29(39-22-6-4-21(35-2)5-7-22)28(34)23-8-9-25(33)24(30(23)38-19)17-32-13-11-31(12-14-32)16-20-3-10-26-27(15-20)37-18-36-26/h3-10,15,33H,11-14,16-18H2,1-2H3. The number of piperazine rings is 1. The molecule has 3 heterocycles. The monoisotopic (exact) mass is 530 g/mol. The summed E-state index contributed by atoms with van der Waals surface area (Å²) in [5, 5.41) is 11.1. The average Bonchev–Trinajstić information content (AvgIpc) is 3.42. The van der Waals surface area contributed by atoms with Crippen molar-refractivity contribution in [2.75, 3.05) is 40.1 Å². The molecule has 1 aromatic heterocycles. The van der Waals surface area contributed by atoms with Crippen LogP contribution in [0.25, 0.3) is 11.0 Å². The molecule has 6 rings (SSSR count). The van der Waals surface area contributed by atoms with Crippen molar-refractivity contribution in [1.82, 2.24) is 9.80 Å². The first-order valence-corrected chi connectivity index (χ1v) is 12.9. The second-order valence-corrected chi connectivity index (χ2v) is 9.77. The van der Waals surface area contributed by atoms with E-state index in [0.717, 1.165) is 44.2 Å². The molecule has 202 valence electrons. The predicted molar refractivity (Wildman–Crippen MR) is 145 cm³/mol. The highest BCUT2D eigenvalue weighted by molar-refractivity contribution is 5.83. The molecule has 0 amide bonds. The Labute approximate surface area is 225 Å². The Kier molecular flexibility index (Phi) is 6.76. The molecule has 0 radical (unpaired) electrons. The van der Waals surface area contributed by atoms with Gasteiger partial charge in [0.25, 0.3) is 0 Å². The number of benzene rings is 3. The highest BCUT2D eigenvalue weighted by Crippen LogP contribution is 2.34. The van der Waals surface area contributed by atoms with Gasteiger partial charge in [-0.2, -0.15) is 0 Å². The number of fused-ring (bicyclic) bond motifs is 2. The van der Waals surface area contributed by atoms with Crippen LogP contribution in [0.15, 0.2) is 63.8 Å². The normalized spacial score (nSPS) is 15.5. The van der Waals surface area contributed by atoms with E-state index in [2.05, 4.69) is 15.9 Å². The van der Waals surface area contributed by atoms with Crippen molar-refractivity contribution in [1.29, 1.82) is 0 Å². The quantitative estimate of drug-likeness (QED) is 0.366. The molecular weight excluding hydrogens is 500 g/mol. The molecule has 0 spiro atoms. The minimum atomic E-state index is -0.278. The summed E-state index contributed by atoms with van der Waals surface area (Å²) < 4.78 is 28.1. The van der Waals surface area contributed by atoms with Gasteiger partial charge in [-0.1, -0.05) is 6.07 Å². The lowest BCUT2D eigenvalue weighted by Gasteiger charge is -2.34. The fourth-order valence-electron chi connectivity index (χ4n) is 5.05. The summed E-state index contributed by atoms with van der Waals surface area (Å²) in [7, 11) is 1.59. The van der Waals surface area contributed by atoms with Gasteiger partial charge < -0.3 is 28.5 Å². The number of aryl methyl sites for hydroxylation is 1. The van der Waals surface area contributed by atoms with Crippen LogP contribution in [0.4, 0.5) is 0 Å². The molecule has 1 N–H and O–H groups in total. The number of hydrogen-bond donors (Lipinski definition) is 1. The van der Waals surface area contributed by atoms with Gasteiger partial charge in [-0.3, -0.25) is 14.6 Å². The number of phenolic OH excluding ortho intramolecular Hbond substituents is 1. The molecule has 39 heavy (non-hydrogen) atoms. The second-order valence-electron chi connectivity index (χ2n) is 9.77. The third-order valence-corrected chi connectivity index (χ3v) is 7.23. The van der Waals surface area contributed by atoms with E-state index in [-0.39, 0.29) is 23.7 Å². The van der Waals surface area contributed by atoms with Crippen molar-refractivity contribution in [3.05, 3.63) is 81.7 Å². The number of methoxy groups -OCH3 is 1. The minimum Gasteiger partial charge on any atom is -0.507 e. The Morgan fingerprint density at radius 3 is 2.31 bits per heavy atom. The van der Waals surface area contributed by atoms with Crippen LogP contribution >= 0.6 is 0 Å². The number of nitrogens with zero attached hydrogens (tertiary/aromatic N) is 2. The molecule has 4 aromatic rings. The number of ether oxygens (including phenoxy) is 4. The molecule has 2 aliphatic rings. The van der Waals surface area contributed by atoms with Crippen LogP contribution in [0, 0.1) is 6.92 Å². The topological polar surface area (TPSA) is 93.8 Å². The van der Waals surface area contributed by atoms with Crippen molar-refractivity contribution in [2.24, 2.45) is 0 Å². The fourth-order valence-corrected chi connectivity index (χ4v) is 5.05. The van der Waals surface area contributed by atoms with Gasteiger partial charge in [0.2, 0.25) is 18.0 Å². The largest absolute Gasteiger partial charge is 0.507 e. The molecule has 0 unspecified atom stereocenters. The Bertz CT molecular complexity index is 1560. The summed E-state index contributed by atoms with van der Waals surface area (Å²) in [5.41, 5.74) is 1.90. The number of aromatic hydroxyl groups is 1. The molecule has 9 heteroatoms. The first-order valence-electron chi connectivity index (χ1n) is 12.9. The van der Waals surface area contributed by atoms with Crippen molar-refractivity contribution in [2.45, 2.75) is 20.0 Å². The third kappa shape index (κ3) is 5.10. The molecule has 0 bridgehead atoms. The van der Waals surface area contributed by atoms with Gasteiger partial charge in [-0.15, -0.1) is 0 Å². The molecule has 1 fully saturated rings. The zero-order valence-corrected chi connectivity index (χ0v) is 21.9. The van der Waals surface area contributed by atoms with Crippen LogP contribution in [-0.4, -0.2) is 55.0 Å². The maximum atomic E-state index is 13.4.